The number of benzene rings is 4. The molecule has 0 aliphatic carbocycles. The minimum Gasteiger partial charge on any atom is -0.496 e. The van der Waals surface area contributed by atoms with Crippen LogP contribution in [0.15, 0.2) is 78.9 Å². The van der Waals surface area contributed by atoms with Crippen molar-refractivity contribution in [3.8, 4) is 28.4 Å². The molecule has 31 heavy (non-hydrogen) atoms. The van der Waals surface area contributed by atoms with E-state index in [1.807, 2.05) is 60.7 Å². The highest BCUT2D eigenvalue weighted by molar-refractivity contribution is 5.92. The van der Waals surface area contributed by atoms with Gasteiger partial charge in [-0.2, -0.15) is 0 Å². The van der Waals surface area contributed by atoms with Crippen LogP contribution in [0.25, 0.3) is 21.9 Å². The topological polar surface area (TPSA) is 65.0 Å². The molecule has 0 atom stereocenters. The van der Waals surface area contributed by atoms with Gasteiger partial charge in [-0.3, -0.25) is 0 Å². The minimum atomic E-state index is -1.05. The van der Waals surface area contributed by atoms with Gasteiger partial charge in [-0.05, 0) is 46.2 Å². The molecule has 5 heteroatoms. The van der Waals surface area contributed by atoms with Crippen molar-refractivity contribution in [1.82, 2.24) is 0 Å². The van der Waals surface area contributed by atoms with E-state index in [9.17, 15) is 9.90 Å². The Morgan fingerprint density at radius 3 is 2.19 bits per heavy atom. The molecule has 156 valence electrons. The molecule has 4 aromatic carbocycles. The fourth-order valence-corrected chi connectivity index (χ4v) is 3.68. The fourth-order valence-electron chi connectivity index (χ4n) is 3.68. The molecule has 0 fully saturated rings. The van der Waals surface area contributed by atoms with E-state index in [1.165, 1.54) is 0 Å². The summed E-state index contributed by atoms with van der Waals surface area (Å²) in [4.78, 5) is 11.8. The van der Waals surface area contributed by atoms with E-state index in [-0.39, 0.29) is 17.9 Å². The zero-order valence-corrected chi connectivity index (χ0v) is 17.3. The highest BCUT2D eigenvalue weighted by atomic mass is 16.5. The number of carboxylic acid groups (broad SMARTS) is 1. The number of fused-ring (bicyclic) bond motifs is 1. The van der Waals surface area contributed by atoms with Gasteiger partial charge in [0.05, 0.1) is 19.8 Å². The number of aromatic carboxylic acids is 1. The maximum absolute atomic E-state index is 11.8. The molecular weight excluding hydrogens is 392 g/mol. The van der Waals surface area contributed by atoms with Crippen molar-refractivity contribution in [3.63, 3.8) is 0 Å². The summed E-state index contributed by atoms with van der Waals surface area (Å²) < 4.78 is 17.0. The molecule has 0 amide bonds. The van der Waals surface area contributed by atoms with E-state index in [2.05, 4.69) is 0 Å². The van der Waals surface area contributed by atoms with Crippen LogP contribution in [0, 0.1) is 0 Å². The molecule has 0 saturated carbocycles. The third-order valence-electron chi connectivity index (χ3n) is 5.19. The van der Waals surface area contributed by atoms with Gasteiger partial charge >= 0.3 is 5.97 Å². The van der Waals surface area contributed by atoms with Gasteiger partial charge in [0.25, 0.3) is 0 Å². The summed E-state index contributed by atoms with van der Waals surface area (Å²) in [5.41, 5.74) is 2.55. The lowest BCUT2D eigenvalue weighted by atomic mass is 10.0. The molecule has 0 unspecified atom stereocenters. The summed E-state index contributed by atoms with van der Waals surface area (Å²) in [6.45, 7) is 0.244. The monoisotopic (exact) mass is 414 g/mol. The number of hydrogen-bond donors (Lipinski definition) is 1. The molecule has 0 aromatic heterocycles. The second-order valence-electron chi connectivity index (χ2n) is 6.98. The first-order valence-electron chi connectivity index (χ1n) is 9.80. The van der Waals surface area contributed by atoms with Crippen molar-refractivity contribution in [3.05, 3.63) is 90.0 Å². The van der Waals surface area contributed by atoms with Crippen LogP contribution >= 0.6 is 0 Å². The molecule has 0 heterocycles. The van der Waals surface area contributed by atoms with Crippen LogP contribution < -0.4 is 14.2 Å². The van der Waals surface area contributed by atoms with Crippen molar-refractivity contribution in [2.45, 2.75) is 6.61 Å². The van der Waals surface area contributed by atoms with Gasteiger partial charge in [0, 0.05) is 0 Å². The summed E-state index contributed by atoms with van der Waals surface area (Å²) in [5.74, 6) is 0.488. The predicted octanol–water partition coefficient (Wildman–Crippen LogP) is 5.80. The summed E-state index contributed by atoms with van der Waals surface area (Å²) in [5, 5.41) is 11.8. The van der Waals surface area contributed by atoms with Gasteiger partial charge in [0.2, 0.25) is 0 Å². The molecular formula is C26H22O5. The number of methoxy groups -OCH3 is 2. The normalized spacial score (nSPS) is 10.6. The number of rotatable bonds is 7. The Morgan fingerprint density at radius 2 is 1.48 bits per heavy atom. The fraction of sp³-hybridized carbons (Fsp3) is 0.115. The second-order valence-corrected chi connectivity index (χ2v) is 6.98. The lowest BCUT2D eigenvalue weighted by Gasteiger charge is -2.16. The predicted molar refractivity (Wildman–Crippen MR) is 120 cm³/mol. The Morgan fingerprint density at radius 1 is 0.806 bits per heavy atom. The standard InChI is InChI=1S/C26H22O5/c1-29-22-11-6-12-23(30-2)25(22)18-13-14-21(26(27)28)24(15-18)31-16-19-9-5-8-17-7-3-4-10-20(17)19/h3-15H,16H2,1-2H3,(H,27,28). The van der Waals surface area contributed by atoms with Crippen molar-refractivity contribution in [1.29, 1.82) is 0 Å². The van der Waals surface area contributed by atoms with Crippen molar-refractivity contribution < 1.29 is 24.1 Å². The van der Waals surface area contributed by atoms with Crippen molar-refractivity contribution in [2.75, 3.05) is 14.2 Å². The van der Waals surface area contributed by atoms with E-state index >= 15 is 0 Å². The Balaban J connectivity index is 1.75. The van der Waals surface area contributed by atoms with Gasteiger partial charge in [-0.1, -0.05) is 54.6 Å². The maximum atomic E-state index is 11.8. The van der Waals surface area contributed by atoms with Gasteiger partial charge < -0.3 is 19.3 Å². The van der Waals surface area contributed by atoms with Gasteiger partial charge in [0.1, 0.15) is 29.4 Å². The number of ether oxygens (including phenoxy) is 3. The van der Waals surface area contributed by atoms with Gasteiger partial charge in [-0.25, -0.2) is 4.79 Å². The number of carboxylic acids is 1. The van der Waals surface area contributed by atoms with Crippen molar-refractivity contribution >= 4 is 16.7 Å². The summed E-state index contributed by atoms with van der Waals surface area (Å²) in [7, 11) is 3.17. The Bertz CT molecular complexity index is 1220. The zero-order valence-electron chi connectivity index (χ0n) is 17.3. The Kier molecular flexibility index (Phi) is 5.76. The molecule has 1 N–H and O–H groups in total. The largest absolute Gasteiger partial charge is 0.496 e. The Hall–Kier alpha value is -3.99. The van der Waals surface area contributed by atoms with Crippen LogP contribution in [0.2, 0.25) is 0 Å². The highest BCUT2D eigenvalue weighted by Crippen LogP contribution is 2.40. The highest BCUT2D eigenvalue weighted by Gasteiger charge is 2.18. The maximum Gasteiger partial charge on any atom is 0.339 e. The van der Waals surface area contributed by atoms with Crippen LogP contribution in [0.1, 0.15) is 15.9 Å². The molecule has 0 saturated heterocycles. The van der Waals surface area contributed by atoms with E-state index in [0.29, 0.717) is 11.5 Å². The first kappa shape index (κ1) is 20.3. The summed E-state index contributed by atoms with van der Waals surface area (Å²) >= 11 is 0. The minimum absolute atomic E-state index is 0.0952. The average molecular weight is 414 g/mol. The lowest BCUT2D eigenvalue weighted by molar-refractivity contribution is 0.0692. The quantitative estimate of drug-likeness (QED) is 0.414. The third kappa shape index (κ3) is 4.03. The third-order valence-corrected chi connectivity index (χ3v) is 5.19. The first-order chi connectivity index (χ1) is 15.1. The first-order valence-corrected chi connectivity index (χ1v) is 9.80. The van der Waals surface area contributed by atoms with E-state index in [4.69, 9.17) is 14.2 Å². The molecule has 0 radical (unpaired) electrons. The van der Waals surface area contributed by atoms with Crippen LogP contribution in [-0.4, -0.2) is 25.3 Å². The van der Waals surface area contributed by atoms with Crippen LogP contribution in [0.4, 0.5) is 0 Å². The van der Waals surface area contributed by atoms with Crippen LogP contribution in [0.3, 0.4) is 0 Å². The molecule has 5 nitrogen and oxygen atoms in total. The average Bonchev–Trinajstić information content (AvgIpc) is 2.81. The molecule has 4 aromatic rings. The summed E-state index contributed by atoms with van der Waals surface area (Å²) in [6, 6.07) is 24.5. The van der Waals surface area contributed by atoms with Gasteiger partial charge in [0.15, 0.2) is 0 Å². The van der Waals surface area contributed by atoms with Crippen LogP contribution in [0.5, 0.6) is 17.2 Å². The molecule has 0 aliphatic rings. The Labute approximate surface area is 180 Å². The molecule has 0 bridgehead atoms. The van der Waals surface area contributed by atoms with E-state index < -0.39 is 5.97 Å². The van der Waals surface area contributed by atoms with E-state index in [1.54, 1.807) is 32.4 Å². The smallest absolute Gasteiger partial charge is 0.339 e. The van der Waals surface area contributed by atoms with Gasteiger partial charge in [-0.15, -0.1) is 0 Å². The number of carbonyl (C=O) groups is 1. The van der Waals surface area contributed by atoms with Crippen molar-refractivity contribution in [2.24, 2.45) is 0 Å². The van der Waals surface area contributed by atoms with Crippen LogP contribution in [-0.2, 0) is 6.61 Å². The molecule has 0 spiro atoms. The van der Waals surface area contributed by atoms with E-state index in [0.717, 1.165) is 27.5 Å². The SMILES string of the molecule is COc1cccc(OC)c1-c1ccc(C(=O)O)c(OCc2cccc3ccccc23)c1. The second kappa shape index (κ2) is 8.79. The molecule has 0 aliphatic heterocycles. The number of hydrogen-bond acceptors (Lipinski definition) is 4. The lowest BCUT2D eigenvalue weighted by Crippen LogP contribution is -2.04. The zero-order chi connectivity index (χ0) is 21.8. The summed E-state index contributed by atoms with van der Waals surface area (Å²) in [6.07, 6.45) is 0. The molecule has 4 rings (SSSR count).